The van der Waals surface area contributed by atoms with Gasteiger partial charge >= 0.3 is 6.03 Å². The standard InChI is InChI=1S/C18H21N3O4/c1-24-14-7-5-6-13(12-14)10-11-17(22)20-21-18(23)19-15-8-3-4-9-16(15)25-2/h3-9,12H,10-11H2,1-2H3,(H,20,22)(H2,19,21,23). The van der Waals surface area contributed by atoms with E-state index in [4.69, 9.17) is 9.47 Å². The van der Waals surface area contributed by atoms with Crippen LogP contribution in [0.15, 0.2) is 48.5 Å². The molecule has 2 aromatic carbocycles. The number of carbonyl (C=O) groups excluding carboxylic acids is 2. The van der Waals surface area contributed by atoms with Gasteiger partial charge in [-0.25, -0.2) is 10.2 Å². The fourth-order valence-corrected chi connectivity index (χ4v) is 2.18. The Balaban J connectivity index is 1.76. The van der Waals surface area contributed by atoms with Crippen molar-refractivity contribution in [2.45, 2.75) is 12.8 Å². The third-order valence-electron chi connectivity index (χ3n) is 3.45. The lowest BCUT2D eigenvalue weighted by atomic mass is 10.1. The minimum atomic E-state index is -0.556. The molecule has 3 amide bonds. The molecule has 132 valence electrons. The van der Waals surface area contributed by atoms with Crippen LogP contribution in [0, 0.1) is 0 Å². The van der Waals surface area contributed by atoms with Crippen LogP contribution in [-0.4, -0.2) is 26.2 Å². The smallest absolute Gasteiger partial charge is 0.338 e. The summed E-state index contributed by atoms with van der Waals surface area (Å²) in [5.74, 6) is 0.979. The Kier molecular flexibility index (Phi) is 6.65. The predicted molar refractivity (Wildman–Crippen MR) is 94.6 cm³/mol. The first-order chi connectivity index (χ1) is 12.1. The van der Waals surface area contributed by atoms with Gasteiger partial charge < -0.3 is 14.8 Å². The average Bonchev–Trinajstić information content (AvgIpc) is 2.65. The molecule has 0 unspecified atom stereocenters. The van der Waals surface area contributed by atoms with Crippen molar-refractivity contribution < 1.29 is 19.1 Å². The van der Waals surface area contributed by atoms with Crippen LogP contribution in [0.2, 0.25) is 0 Å². The van der Waals surface area contributed by atoms with Crippen molar-refractivity contribution in [2.75, 3.05) is 19.5 Å². The van der Waals surface area contributed by atoms with Crippen LogP contribution in [-0.2, 0) is 11.2 Å². The van der Waals surface area contributed by atoms with Gasteiger partial charge in [0.2, 0.25) is 5.91 Å². The quantitative estimate of drug-likeness (QED) is 0.703. The van der Waals surface area contributed by atoms with Crippen molar-refractivity contribution in [3.8, 4) is 11.5 Å². The molecule has 0 aromatic heterocycles. The van der Waals surface area contributed by atoms with Crippen molar-refractivity contribution in [3.05, 3.63) is 54.1 Å². The summed E-state index contributed by atoms with van der Waals surface area (Å²) in [6.07, 6.45) is 0.779. The molecule has 0 saturated heterocycles. The van der Waals surface area contributed by atoms with Crippen molar-refractivity contribution in [3.63, 3.8) is 0 Å². The zero-order valence-electron chi connectivity index (χ0n) is 14.2. The van der Waals surface area contributed by atoms with Crippen molar-refractivity contribution in [1.29, 1.82) is 0 Å². The number of urea groups is 1. The van der Waals surface area contributed by atoms with Crippen molar-refractivity contribution >= 4 is 17.6 Å². The van der Waals surface area contributed by atoms with E-state index in [1.807, 2.05) is 24.3 Å². The highest BCUT2D eigenvalue weighted by Crippen LogP contribution is 2.22. The normalized spacial score (nSPS) is 9.84. The highest BCUT2D eigenvalue weighted by molar-refractivity contribution is 5.92. The number of anilines is 1. The second-order valence-electron chi connectivity index (χ2n) is 5.18. The summed E-state index contributed by atoms with van der Waals surface area (Å²) in [4.78, 5) is 23.7. The first-order valence-corrected chi connectivity index (χ1v) is 7.74. The van der Waals surface area contributed by atoms with Crippen LogP contribution >= 0.6 is 0 Å². The maximum Gasteiger partial charge on any atom is 0.338 e. The predicted octanol–water partition coefficient (Wildman–Crippen LogP) is 2.49. The Morgan fingerprint density at radius 2 is 1.76 bits per heavy atom. The van der Waals surface area contributed by atoms with Gasteiger partial charge in [-0.1, -0.05) is 24.3 Å². The summed E-state index contributed by atoms with van der Waals surface area (Å²) in [7, 11) is 3.11. The number of ether oxygens (including phenoxy) is 2. The number of methoxy groups -OCH3 is 2. The average molecular weight is 343 g/mol. The molecule has 0 bridgehead atoms. The van der Waals surface area contributed by atoms with E-state index in [1.165, 1.54) is 7.11 Å². The summed E-state index contributed by atoms with van der Waals surface area (Å²) < 4.78 is 10.3. The zero-order valence-corrected chi connectivity index (χ0v) is 14.2. The zero-order chi connectivity index (χ0) is 18.1. The van der Waals surface area contributed by atoms with Crippen LogP contribution in [0.5, 0.6) is 11.5 Å². The van der Waals surface area contributed by atoms with Gasteiger partial charge in [0.15, 0.2) is 0 Å². The number of para-hydroxylation sites is 2. The Hall–Kier alpha value is -3.22. The lowest BCUT2D eigenvalue weighted by Crippen LogP contribution is -2.44. The number of hydrogen-bond donors (Lipinski definition) is 3. The summed E-state index contributed by atoms with van der Waals surface area (Å²) in [5.41, 5.74) is 6.16. The van der Waals surface area contributed by atoms with E-state index >= 15 is 0 Å². The van der Waals surface area contributed by atoms with Crippen molar-refractivity contribution in [1.82, 2.24) is 10.9 Å². The molecule has 0 aliphatic carbocycles. The van der Waals surface area contributed by atoms with Crippen molar-refractivity contribution in [2.24, 2.45) is 0 Å². The molecule has 0 saturated carbocycles. The maximum atomic E-state index is 11.8. The number of nitrogens with one attached hydrogen (secondary N) is 3. The molecule has 3 N–H and O–H groups in total. The van der Waals surface area contributed by atoms with Crippen LogP contribution in [0.4, 0.5) is 10.5 Å². The van der Waals surface area contributed by atoms with Crippen LogP contribution in [0.3, 0.4) is 0 Å². The summed E-state index contributed by atoms with van der Waals surface area (Å²) in [6.45, 7) is 0. The maximum absolute atomic E-state index is 11.8. The molecule has 7 nitrogen and oxygen atoms in total. The fraction of sp³-hybridized carbons (Fsp3) is 0.222. The fourth-order valence-electron chi connectivity index (χ4n) is 2.18. The van der Waals surface area contributed by atoms with Gasteiger partial charge in [-0.05, 0) is 36.2 Å². The van der Waals surface area contributed by atoms with E-state index in [-0.39, 0.29) is 12.3 Å². The lowest BCUT2D eigenvalue weighted by Gasteiger charge is -2.11. The number of aryl methyl sites for hydroxylation is 1. The summed E-state index contributed by atoms with van der Waals surface area (Å²) >= 11 is 0. The van der Waals surface area contributed by atoms with E-state index in [9.17, 15) is 9.59 Å². The van der Waals surface area contributed by atoms with Gasteiger partial charge in [0.05, 0.1) is 19.9 Å². The number of hydrogen-bond acceptors (Lipinski definition) is 4. The van der Waals surface area contributed by atoms with Crippen LogP contribution in [0.25, 0.3) is 0 Å². The number of rotatable bonds is 6. The SMILES string of the molecule is COc1cccc(CCC(=O)NNC(=O)Nc2ccccc2OC)c1. The second-order valence-corrected chi connectivity index (χ2v) is 5.18. The Labute approximate surface area is 146 Å². The minimum Gasteiger partial charge on any atom is -0.497 e. The molecule has 7 heteroatoms. The molecule has 0 spiro atoms. The highest BCUT2D eigenvalue weighted by atomic mass is 16.5. The molecular weight excluding hydrogens is 322 g/mol. The van der Waals surface area contributed by atoms with E-state index in [0.29, 0.717) is 17.9 Å². The molecule has 0 heterocycles. The Bertz CT molecular complexity index is 734. The topological polar surface area (TPSA) is 88.7 Å². The molecule has 2 aromatic rings. The first kappa shape index (κ1) is 18.1. The molecule has 0 aliphatic heterocycles. The second kappa shape index (κ2) is 9.17. The van der Waals surface area contributed by atoms with Gasteiger partial charge in [0.1, 0.15) is 11.5 Å². The van der Waals surface area contributed by atoms with E-state index in [1.54, 1.807) is 31.4 Å². The Morgan fingerprint density at radius 3 is 2.52 bits per heavy atom. The third kappa shape index (κ3) is 5.72. The number of benzene rings is 2. The number of hydrazine groups is 1. The molecule has 25 heavy (non-hydrogen) atoms. The van der Waals surface area contributed by atoms with E-state index < -0.39 is 6.03 Å². The van der Waals surface area contributed by atoms with Gasteiger partial charge in [-0.2, -0.15) is 0 Å². The van der Waals surface area contributed by atoms with Crippen LogP contribution in [0.1, 0.15) is 12.0 Å². The molecule has 2 rings (SSSR count). The highest BCUT2D eigenvalue weighted by Gasteiger charge is 2.08. The number of carbonyl (C=O) groups is 2. The number of amides is 3. The molecule has 0 fully saturated rings. The van der Waals surface area contributed by atoms with Crippen LogP contribution < -0.4 is 25.6 Å². The van der Waals surface area contributed by atoms with Gasteiger partial charge in [-0.15, -0.1) is 0 Å². The summed E-state index contributed by atoms with van der Waals surface area (Å²) in [6, 6.07) is 13.9. The van der Waals surface area contributed by atoms with E-state index in [2.05, 4.69) is 16.2 Å². The summed E-state index contributed by atoms with van der Waals surface area (Å²) in [5, 5.41) is 2.60. The third-order valence-corrected chi connectivity index (χ3v) is 3.45. The minimum absolute atomic E-state index is 0.238. The molecular formula is C18H21N3O4. The Morgan fingerprint density at radius 1 is 0.960 bits per heavy atom. The van der Waals surface area contributed by atoms with Gasteiger partial charge in [0, 0.05) is 6.42 Å². The monoisotopic (exact) mass is 343 g/mol. The first-order valence-electron chi connectivity index (χ1n) is 7.74. The van der Waals surface area contributed by atoms with Gasteiger partial charge in [-0.3, -0.25) is 10.2 Å². The molecule has 0 radical (unpaired) electrons. The molecule has 0 aliphatic rings. The van der Waals surface area contributed by atoms with E-state index in [0.717, 1.165) is 11.3 Å². The molecule has 0 atom stereocenters. The largest absolute Gasteiger partial charge is 0.497 e. The van der Waals surface area contributed by atoms with Gasteiger partial charge in [0.25, 0.3) is 0 Å². The lowest BCUT2D eigenvalue weighted by molar-refractivity contribution is -0.121.